The largest absolute Gasteiger partial charge is 0.197 e. The first-order chi connectivity index (χ1) is 4.88. The first-order valence-corrected chi connectivity index (χ1v) is 4.27. The van der Waals surface area contributed by atoms with Gasteiger partial charge in [-0.2, -0.15) is 4.37 Å². The molecule has 0 aromatic carbocycles. The highest BCUT2D eigenvalue weighted by Crippen LogP contribution is 2.25. The van der Waals surface area contributed by atoms with Crippen molar-refractivity contribution in [3.8, 4) is 0 Å². The van der Waals surface area contributed by atoms with Crippen LogP contribution in [0, 0.1) is 6.92 Å². The topological polar surface area (TPSA) is 12.9 Å². The number of allylic oxidation sites excluding steroid dienone is 1. The summed E-state index contributed by atoms with van der Waals surface area (Å²) in [7, 11) is 0. The van der Waals surface area contributed by atoms with Gasteiger partial charge in [-0.1, -0.05) is 12.2 Å². The lowest BCUT2D eigenvalue weighted by Crippen LogP contribution is -1.88. The molecular weight excluding hydrogens is 142 g/mol. The van der Waals surface area contributed by atoms with Gasteiger partial charge in [-0.05, 0) is 31.3 Å². The lowest BCUT2D eigenvalue weighted by atomic mass is 10.1. The summed E-state index contributed by atoms with van der Waals surface area (Å²) >= 11 is 1.65. The van der Waals surface area contributed by atoms with E-state index in [4.69, 9.17) is 0 Å². The Bertz CT molecular complexity index is 273. The third-order valence-corrected chi connectivity index (χ3v) is 2.82. The van der Waals surface area contributed by atoms with Gasteiger partial charge >= 0.3 is 0 Å². The lowest BCUT2D eigenvalue weighted by Gasteiger charge is -2.01. The smallest absolute Gasteiger partial charge is 0.0586 e. The van der Waals surface area contributed by atoms with E-state index in [2.05, 4.69) is 23.4 Å². The standard InChI is InChI=1S/C8H9NS/c1-6-7-4-2-3-5-8(7)10-9-6/h2,4H,3,5H2,1H3. The Morgan fingerprint density at radius 3 is 3.30 bits per heavy atom. The monoisotopic (exact) mass is 151 g/mol. The van der Waals surface area contributed by atoms with E-state index in [1.807, 2.05) is 0 Å². The van der Waals surface area contributed by atoms with Gasteiger partial charge in [-0.3, -0.25) is 0 Å². The summed E-state index contributed by atoms with van der Waals surface area (Å²) in [6, 6.07) is 0. The summed E-state index contributed by atoms with van der Waals surface area (Å²) in [5, 5.41) is 0. The number of rotatable bonds is 0. The fraction of sp³-hybridized carbons (Fsp3) is 0.375. The van der Waals surface area contributed by atoms with E-state index >= 15 is 0 Å². The number of aromatic nitrogens is 1. The molecule has 0 bridgehead atoms. The molecule has 2 heteroatoms. The fourth-order valence-electron chi connectivity index (χ4n) is 1.23. The molecule has 1 heterocycles. The van der Waals surface area contributed by atoms with Gasteiger partial charge in [0.25, 0.3) is 0 Å². The van der Waals surface area contributed by atoms with Gasteiger partial charge in [0, 0.05) is 10.4 Å². The molecule has 1 aliphatic rings. The summed E-state index contributed by atoms with van der Waals surface area (Å²) in [6.45, 7) is 2.07. The number of nitrogens with zero attached hydrogens (tertiary/aromatic N) is 1. The second kappa shape index (κ2) is 2.20. The Morgan fingerprint density at radius 1 is 1.60 bits per heavy atom. The van der Waals surface area contributed by atoms with Crippen molar-refractivity contribution < 1.29 is 0 Å². The molecule has 10 heavy (non-hydrogen) atoms. The minimum atomic E-state index is 1.19. The van der Waals surface area contributed by atoms with Gasteiger partial charge in [0.05, 0.1) is 5.69 Å². The first kappa shape index (κ1) is 6.10. The molecule has 52 valence electrons. The van der Waals surface area contributed by atoms with E-state index in [9.17, 15) is 0 Å². The Hall–Kier alpha value is -0.630. The minimum Gasteiger partial charge on any atom is -0.197 e. The fourth-order valence-corrected chi connectivity index (χ4v) is 2.10. The van der Waals surface area contributed by atoms with Gasteiger partial charge in [-0.25, -0.2) is 0 Å². The summed E-state index contributed by atoms with van der Waals surface area (Å²) in [5.74, 6) is 0. The Labute approximate surface area is 64.6 Å². The normalized spacial score (nSPS) is 15.3. The van der Waals surface area contributed by atoms with Crippen molar-refractivity contribution in [2.75, 3.05) is 0 Å². The van der Waals surface area contributed by atoms with Crippen molar-refractivity contribution in [3.05, 3.63) is 22.2 Å². The van der Waals surface area contributed by atoms with Crippen LogP contribution in [0.1, 0.15) is 22.6 Å². The molecule has 1 aromatic heterocycles. The molecule has 0 fully saturated rings. The maximum Gasteiger partial charge on any atom is 0.0586 e. The molecular formula is C8H9NS. The Balaban J connectivity index is 2.57. The van der Waals surface area contributed by atoms with E-state index in [-0.39, 0.29) is 0 Å². The number of hydrogen-bond acceptors (Lipinski definition) is 2. The molecule has 0 saturated heterocycles. The predicted molar refractivity (Wildman–Crippen MR) is 44.2 cm³/mol. The molecule has 0 spiro atoms. The van der Waals surface area contributed by atoms with Crippen LogP contribution in [0.4, 0.5) is 0 Å². The van der Waals surface area contributed by atoms with Gasteiger partial charge in [0.1, 0.15) is 0 Å². The third kappa shape index (κ3) is 0.797. The Kier molecular flexibility index (Phi) is 1.34. The second-order valence-corrected chi connectivity index (χ2v) is 3.40. The van der Waals surface area contributed by atoms with Crippen molar-refractivity contribution in [3.63, 3.8) is 0 Å². The van der Waals surface area contributed by atoms with Crippen LogP contribution in [-0.2, 0) is 6.42 Å². The van der Waals surface area contributed by atoms with Crippen LogP contribution in [0.5, 0.6) is 0 Å². The molecule has 0 radical (unpaired) electrons. The summed E-state index contributed by atoms with van der Waals surface area (Å²) in [6.07, 6.45) is 6.80. The molecule has 1 aliphatic carbocycles. The average Bonchev–Trinajstić information content (AvgIpc) is 2.34. The van der Waals surface area contributed by atoms with Gasteiger partial charge in [0.2, 0.25) is 0 Å². The number of aryl methyl sites for hydroxylation is 2. The van der Waals surface area contributed by atoms with Crippen LogP contribution in [-0.4, -0.2) is 4.37 Å². The van der Waals surface area contributed by atoms with Crippen molar-refractivity contribution in [1.29, 1.82) is 0 Å². The number of fused-ring (bicyclic) bond motifs is 1. The van der Waals surface area contributed by atoms with E-state index in [0.29, 0.717) is 0 Å². The average molecular weight is 151 g/mol. The van der Waals surface area contributed by atoms with E-state index in [1.165, 1.54) is 29.0 Å². The SMILES string of the molecule is Cc1nsc2c1C=CCC2. The highest BCUT2D eigenvalue weighted by atomic mass is 32.1. The highest BCUT2D eigenvalue weighted by Gasteiger charge is 2.09. The van der Waals surface area contributed by atoms with Gasteiger partial charge < -0.3 is 0 Å². The molecule has 2 rings (SSSR count). The zero-order chi connectivity index (χ0) is 6.97. The van der Waals surface area contributed by atoms with Gasteiger partial charge in [0.15, 0.2) is 0 Å². The van der Waals surface area contributed by atoms with Crippen molar-refractivity contribution in [2.24, 2.45) is 0 Å². The quantitative estimate of drug-likeness (QED) is 0.555. The molecule has 0 atom stereocenters. The zero-order valence-electron chi connectivity index (χ0n) is 5.92. The highest BCUT2D eigenvalue weighted by molar-refractivity contribution is 7.06. The molecule has 0 saturated carbocycles. The molecule has 0 amide bonds. The van der Waals surface area contributed by atoms with Crippen LogP contribution in [0.25, 0.3) is 6.08 Å². The van der Waals surface area contributed by atoms with E-state index in [1.54, 1.807) is 11.5 Å². The molecule has 1 aromatic rings. The summed E-state index contributed by atoms with van der Waals surface area (Å²) in [4.78, 5) is 1.46. The minimum absolute atomic E-state index is 1.19. The van der Waals surface area contributed by atoms with Crippen LogP contribution in [0.3, 0.4) is 0 Å². The first-order valence-electron chi connectivity index (χ1n) is 3.49. The molecule has 1 nitrogen and oxygen atoms in total. The van der Waals surface area contributed by atoms with Crippen molar-refractivity contribution in [1.82, 2.24) is 4.37 Å². The molecule has 0 aliphatic heterocycles. The van der Waals surface area contributed by atoms with Crippen LogP contribution >= 0.6 is 11.5 Å². The predicted octanol–water partition coefficient (Wildman–Crippen LogP) is 2.41. The van der Waals surface area contributed by atoms with Crippen molar-refractivity contribution in [2.45, 2.75) is 19.8 Å². The zero-order valence-corrected chi connectivity index (χ0v) is 6.74. The van der Waals surface area contributed by atoms with Crippen LogP contribution in [0.2, 0.25) is 0 Å². The molecule has 0 N–H and O–H groups in total. The molecule has 0 unspecified atom stereocenters. The van der Waals surface area contributed by atoms with Crippen LogP contribution in [0.15, 0.2) is 6.08 Å². The Morgan fingerprint density at radius 2 is 2.50 bits per heavy atom. The maximum atomic E-state index is 4.29. The lowest BCUT2D eigenvalue weighted by molar-refractivity contribution is 1.01. The van der Waals surface area contributed by atoms with E-state index < -0.39 is 0 Å². The maximum absolute atomic E-state index is 4.29. The van der Waals surface area contributed by atoms with Crippen LogP contribution < -0.4 is 0 Å². The van der Waals surface area contributed by atoms with Crippen molar-refractivity contribution >= 4 is 17.6 Å². The number of hydrogen-bond donors (Lipinski definition) is 0. The van der Waals surface area contributed by atoms with E-state index in [0.717, 1.165) is 0 Å². The van der Waals surface area contributed by atoms with Gasteiger partial charge in [-0.15, -0.1) is 0 Å². The second-order valence-electron chi connectivity index (χ2n) is 2.55. The summed E-state index contributed by atoms with van der Waals surface area (Å²) in [5.41, 5.74) is 2.56. The summed E-state index contributed by atoms with van der Waals surface area (Å²) < 4.78 is 4.29. The third-order valence-electron chi connectivity index (χ3n) is 1.81.